The fourth-order valence-electron chi connectivity index (χ4n) is 2.23. The van der Waals surface area contributed by atoms with Crippen LogP contribution in [0, 0.1) is 11.8 Å². The van der Waals surface area contributed by atoms with Crippen LogP contribution in [-0.2, 0) is 0 Å². The van der Waals surface area contributed by atoms with E-state index in [1.807, 2.05) is 13.8 Å². The van der Waals surface area contributed by atoms with Gasteiger partial charge in [0.25, 0.3) is 0 Å². The first-order chi connectivity index (χ1) is 9.41. The Morgan fingerprint density at radius 2 is 1.95 bits per heavy atom. The fourth-order valence-corrected chi connectivity index (χ4v) is 2.23. The van der Waals surface area contributed by atoms with Gasteiger partial charge in [0.05, 0.1) is 17.5 Å². The maximum atomic E-state index is 12.4. The van der Waals surface area contributed by atoms with Crippen LogP contribution < -0.4 is 5.76 Å². The van der Waals surface area contributed by atoms with Crippen LogP contribution in [0.4, 0.5) is 0 Å². The van der Waals surface area contributed by atoms with Crippen LogP contribution in [0.3, 0.4) is 0 Å². The molecule has 0 aliphatic rings. The van der Waals surface area contributed by atoms with Gasteiger partial charge in [-0.3, -0.25) is 4.79 Å². The Balaban J connectivity index is 2.36. The molecular weight excluding hydrogens is 258 g/mol. The molecule has 2 aromatic rings. The molecule has 108 valence electrons. The van der Waals surface area contributed by atoms with Gasteiger partial charge in [-0.1, -0.05) is 32.9 Å². The lowest BCUT2D eigenvalue weighted by Crippen LogP contribution is -2.34. The molecule has 1 aromatic heterocycles. The SMILES string of the molecule is CC(C)C[C@H](O)[C@@H](C)C(=O)n1c(=O)oc2ccccc21. The maximum Gasteiger partial charge on any atom is 0.426 e. The molecule has 20 heavy (non-hydrogen) atoms. The third-order valence-corrected chi connectivity index (χ3v) is 3.39. The summed E-state index contributed by atoms with van der Waals surface area (Å²) < 4.78 is 6.04. The number of hydrogen-bond acceptors (Lipinski definition) is 4. The highest BCUT2D eigenvalue weighted by atomic mass is 16.4. The Hall–Kier alpha value is -1.88. The molecule has 0 saturated heterocycles. The molecule has 2 atom stereocenters. The van der Waals surface area contributed by atoms with Gasteiger partial charge in [-0.2, -0.15) is 0 Å². The second kappa shape index (κ2) is 5.63. The molecule has 0 fully saturated rings. The summed E-state index contributed by atoms with van der Waals surface area (Å²) in [5.41, 5.74) is 0.808. The molecule has 1 heterocycles. The number of aliphatic hydroxyl groups is 1. The normalized spacial score (nSPS) is 14.7. The molecule has 0 saturated carbocycles. The minimum Gasteiger partial charge on any atom is -0.407 e. The van der Waals surface area contributed by atoms with Crippen LogP contribution in [0.5, 0.6) is 0 Å². The number of carbonyl (C=O) groups excluding carboxylic acids is 1. The van der Waals surface area contributed by atoms with Gasteiger partial charge in [-0.15, -0.1) is 0 Å². The predicted octanol–water partition coefficient (Wildman–Crippen LogP) is 2.28. The molecule has 0 aliphatic carbocycles. The summed E-state index contributed by atoms with van der Waals surface area (Å²) >= 11 is 0. The van der Waals surface area contributed by atoms with Gasteiger partial charge >= 0.3 is 5.76 Å². The Morgan fingerprint density at radius 1 is 1.30 bits per heavy atom. The number of aliphatic hydroxyl groups excluding tert-OH is 1. The number of carbonyl (C=O) groups is 1. The summed E-state index contributed by atoms with van der Waals surface area (Å²) in [6, 6.07) is 6.75. The Morgan fingerprint density at radius 3 is 2.60 bits per heavy atom. The van der Waals surface area contributed by atoms with Crippen LogP contribution in [0.2, 0.25) is 0 Å². The number of rotatable bonds is 4. The zero-order chi connectivity index (χ0) is 14.9. The van der Waals surface area contributed by atoms with Crippen molar-refractivity contribution in [2.24, 2.45) is 11.8 Å². The molecule has 1 aromatic carbocycles. The number of hydrogen-bond donors (Lipinski definition) is 1. The second-order valence-electron chi connectivity index (χ2n) is 5.49. The van der Waals surface area contributed by atoms with Crippen molar-refractivity contribution in [1.29, 1.82) is 0 Å². The first kappa shape index (κ1) is 14.5. The Kier molecular flexibility index (Phi) is 4.09. The van der Waals surface area contributed by atoms with Gasteiger partial charge in [0.2, 0.25) is 5.91 Å². The van der Waals surface area contributed by atoms with E-state index in [4.69, 9.17) is 4.42 Å². The summed E-state index contributed by atoms with van der Waals surface area (Å²) in [5.74, 6) is -1.53. The number of aromatic nitrogens is 1. The molecule has 2 rings (SSSR count). The van der Waals surface area contributed by atoms with Crippen molar-refractivity contribution < 1.29 is 14.3 Å². The molecule has 0 aliphatic heterocycles. The molecule has 0 spiro atoms. The quantitative estimate of drug-likeness (QED) is 0.930. The number of oxazole rings is 1. The number of nitrogens with zero attached hydrogens (tertiary/aromatic N) is 1. The lowest BCUT2D eigenvalue weighted by molar-refractivity contribution is 0.0571. The van der Waals surface area contributed by atoms with Gasteiger partial charge in [0, 0.05) is 0 Å². The third-order valence-electron chi connectivity index (χ3n) is 3.39. The van der Waals surface area contributed by atoms with E-state index in [1.165, 1.54) is 0 Å². The van der Waals surface area contributed by atoms with E-state index in [9.17, 15) is 14.7 Å². The number of fused-ring (bicyclic) bond motifs is 1. The van der Waals surface area contributed by atoms with Crippen molar-refractivity contribution in [3.8, 4) is 0 Å². The largest absolute Gasteiger partial charge is 0.426 e. The van der Waals surface area contributed by atoms with E-state index >= 15 is 0 Å². The second-order valence-corrected chi connectivity index (χ2v) is 5.49. The highest BCUT2D eigenvalue weighted by Gasteiger charge is 2.27. The summed E-state index contributed by atoms with van der Waals surface area (Å²) in [7, 11) is 0. The molecule has 5 heteroatoms. The highest BCUT2D eigenvalue weighted by Crippen LogP contribution is 2.18. The Labute approximate surface area is 116 Å². The van der Waals surface area contributed by atoms with Crippen LogP contribution in [0.1, 0.15) is 32.0 Å². The predicted molar refractivity (Wildman–Crippen MR) is 75.7 cm³/mol. The molecule has 1 N–H and O–H groups in total. The fraction of sp³-hybridized carbons (Fsp3) is 0.467. The van der Waals surface area contributed by atoms with E-state index in [0.717, 1.165) is 4.57 Å². The molecule has 0 unspecified atom stereocenters. The van der Waals surface area contributed by atoms with E-state index in [-0.39, 0.29) is 5.92 Å². The summed E-state index contributed by atoms with van der Waals surface area (Å²) in [5, 5.41) is 10.1. The van der Waals surface area contributed by atoms with Gasteiger partial charge in [0.1, 0.15) is 0 Å². The molecule has 5 nitrogen and oxygen atoms in total. The number of para-hydroxylation sites is 2. The van der Waals surface area contributed by atoms with Crippen molar-refractivity contribution in [3.63, 3.8) is 0 Å². The monoisotopic (exact) mass is 277 g/mol. The molecule has 0 bridgehead atoms. The zero-order valence-electron chi connectivity index (χ0n) is 11.9. The summed E-state index contributed by atoms with van der Waals surface area (Å²) in [4.78, 5) is 24.2. The van der Waals surface area contributed by atoms with Crippen LogP contribution >= 0.6 is 0 Å². The molecule has 0 radical (unpaired) electrons. The van der Waals surface area contributed by atoms with Gasteiger partial charge in [0.15, 0.2) is 5.58 Å². The standard InChI is InChI=1S/C15H19NO4/c1-9(2)8-12(17)10(3)14(18)16-11-6-4-5-7-13(11)20-15(16)19/h4-7,9-10,12,17H,8H2,1-3H3/t10-,12+/m1/s1. The lowest BCUT2D eigenvalue weighted by atomic mass is 9.95. The smallest absolute Gasteiger partial charge is 0.407 e. The van der Waals surface area contributed by atoms with E-state index < -0.39 is 23.7 Å². The third kappa shape index (κ3) is 2.67. The maximum absolute atomic E-state index is 12.4. The lowest BCUT2D eigenvalue weighted by Gasteiger charge is -2.19. The van der Waals surface area contributed by atoms with E-state index in [2.05, 4.69) is 0 Å². The summed E-state index contributed by atoms with van der Waals surface area (Å²) in [6.07, 6.45) is -0.264. The molecular formula is C15H19NO4. The Bertz CT molecular complexity index is 668. The van der Waals surface area contributed by atoms with Crippen molar-refractivity contribution in [3.05, 3.63) is 34.8 Å². The van der Waals surface area contributed by atoms with Gasteiger partial charge in [-0.25, -0.2) is 9.36 Å². The van der Waals surface area contributed by atoms with Crippen molar-refractivity contribution in [2.75, 3.05) is 0 Å². The summed E-state index contributed by atoms with van der Waals surface area (Å²) in [6.45, 7) is 5.57. The first-order valence-corrected chi connectivity index (χ1v) is 6.74. The average Bonchev–Trinajstić information content (AvgIpc) is 2.72. The van der Waals surface area contributed by atoms with Gasteiger partial charge < -0.3 is 9.52 Å². The minimum atomic E-state index is -0.775. The van der Waals surface area contributed by atoms with E-state index in [1.54, 1.807) is 31.2 Å². The first-order valence-electron chi connectivity index (χ1n) is 6.74. The van der Waals surface area contributed by atoms with Crippen molar-refractivity contribution >= 4 is 17.0 Å². The zero-order valence-corrected chi connectivity index (χ0v) is 11.9. The van der Waals surface area contributed by atoms with Crippen LogP contribution in [0.25, 0.3) is 11.1 Å². The van der Waals surface area contributed by atoms with Crippen LogP contribution in [0.15, 0.2) is 33.5 Å². The number of benzene rings is 1. The van der Waals surface area contributed by atoms with Crippen LogP contribution in [-0.4, -0.2) is 21.7 Å². The van der Waals surface area contributed by atoms with Crippen molar-refractivity contribution in [1.82, 2.24) is 4.57 Å². The average molecular weight is 277 g/mol. The topological polar surface area (TPSA) is 72.4 Å². The minimum absolute atomic E-state index is 0.276. The van der Waals surface area contributed by atoms with E-state index in [0.29, 0.717) is 17.5 Å². The van der Waals surface area contributed by atoms with Crippen molar-refractivity contribution in [2.45, 2.75) is 33.3 Å². The van der Waals surface area contributed by atoms with Gasteiger partial charge in [-0.05, 0) is 24.5 Å². The molecule has 0 amide bonds. The highest BCUT2D eigenvalue weighted by molar-refractivity contribution is 5.90.